The maximum Gasteiger partial charge on any atom is 0.121 e. The predicted octanol–water partition coefficient (Wildman–Crippen LogP) is 1.79. The normalized spacial score (nSPS) is 17.2. The first kappa shape index (κ1) is 11.4. The Kier molecular flexibility index (Phi) is 3.46. The van der Waals surface area contributed by atoms with Crippen molar-refractivity contribution in [3.05, 3.63) is 29.3 Å². The fourth-order valence-corrected chi connectivity index (χ4v) is 1.91. The second-order valence-electron chi connectivity index (χ2n) is 4.41. The second-order valence-corrected chi connectivity index (χ2v) is 4.41. The van der Waals surface area contributed by atoms with Crippen LogP contribution >= 0.6 is 0 Å². The molecule has 2 N–H and O–H groups in total. The lowest BCUT2D eigenvalue weighted by Crippen LogP contribution is -2.26. The second kappa shape index (κ2) is 4.85. The van der Waals surface area contributed by atoms with E-state index in [1.165, 1.54) is 12.8 Å². The van der Waals surface area contributed by atoms with E-state index >= 15 is 0 Å². The number of ether oxygens (including phenoxy) is 1. The van der Waals surface area contributed by atoms with Gasteiger partial charge in [0.25, 0.3) is 0 Å². The molecule has 1 aromatic rings. The first-order valence-corrected chi connectivity index (χ1v) is 5.76. The van der Waals surface area contributed by atoms with Gasteiger partial charge in [0.2, 0.25) is 0 Å². The molecule has 16 heavy (non-hydrogen) atoms. The molecule has 0 radical (unpaired) electrons. The lowest BCUT2D eigenvalue weighted by Gasteiger charge is -2.17. The zero-order chi connectivity index (χ0) is 11.5. The highest BCUT2D eigenvalue weighted by molar-refractivity contribution is 5.37. The van der Waals surface area contributed by atoms with Crippen LogP contribution in [0.25, 0.3) is 0 Å². The summed E-state index contributed by atoms with van der Waals surface area (Å²) < 4.78 is 5.22. The number of hydrogen-bond acceptors (Lipinski definition) is 3. The number of aryl methyl sites for hydroxylation is 1. The van der Waals surface area contributed by atoms with Crippen molar-refractivity contribution in [3.8, 4) is 5.75 Å². The lowest BCUT2D eigenvalue weighted by molar-refractivity contribution is 0.243. The Hall–Kier alpha value is -1.06. The zero-order valence-corrected chi connectivity index (χ0v) is 9.86. The molecule has 1 aromatic carbocycles. The number of benzene rings is 1. The van der Waals surface area contributed by atoms with E-state index in [4.69, 9.17) is 4.74 Å². The van der Waals surface area contributed by atoms with Crippen molar-refractivity contribution in [1.82, 2.24) is 5.32 Å². The SMILES string of the molecule is COc1ccc(C(CO)NC2CC2)cc1C. The molecule has 1 aliphatic carbocycles. The Morgan fingerprint density at radius 1 is 1.50 bits per heavy atom. The van der Waals surface area contributed by atoms with E-state index in [-0.39, 0.29) is 12.6 Å². The minimum atomic E-state index is 0.0529. The van der Waals surface area contributed by atoms with E-state index in [0.717, 1.165) is 16.9 Å². The van der Waals surface area contributed by atoms with Crippen LogP contribution in [-0.4, -0.2) is 24.9 Å². The van der Waals surface area contributed by atoms with Gasteiger partial charge in [-0.25, -0.2) is 0 Å². The smallest absolute Gasteiger partial charge is 0.121 e. The van der Waals surface area contributed by atoms with Gasteiger partial charge < -0.3 is 15.2 Å². The summed E-state index contributed by atoms with van der Waals surface area (Å²) in [5, 5.41) is 12.8. The quantitative estimate of drug-likeness (QED) is 0.796. The molecular formula is C13H19NO2. The van der Waals surface area contributed by atoms with Gasteiger partial charge in [-0.3, -0.25) is 0 Å². The zero-order valence-electron chi connectivity index (χ0n) is 9.86. The van der Waals surface area contributed by atoms with Crippen LogP contribution in [0.1, 0.15) is 30.0 Å². The molecule has 2 rings (SSSR count). The molecule has 1 aliphatic rings. The Morgan fingerprint density at radius 2 is 2.25 bits per heavy atom. The minimum absolute atomic E-state index is 0.0529. The number of nitrogens with one attached hydrogen (secondary N) is 1. The third kappa shape index (κ3) is 2.54. The molecule has 1 saturated carbocycles. The van der Waals surface area contributed by atoms with E-state index in [9.17, 15) is 5.11 Å². The number of rotatable bonds is 5. The van der Waals surface area contributed by atoms with Gasteiger partial charge in [-0.1, -0.05) is 12.1 Å². The van der Waals surface area contributed by atoms with Gasteiger partial charge in [0.05, 0.1) is 19.8 Å². The average molecular weight is 221 g/mol. The molecule has 3 heteroatoms. The van der Waals surface area contributed by atoms with Gasteiger partial charge >= 0.3 is 0 Å². The highest BCUT2D eigenvalue weighted by atomic mass is 16.5. The summed E-state index contributed by atoms with van der Waals surface area (Å²) in [6.45, 7) is 2.16. The van der Waals surface area contributed by atoms with Crippen LogP contribution in [0.2, 0.25) is 0 Å². The Labute approximate surface area is 96.4 Å². The van der Waals surface area contributed by atoms with Gasteiger partial charge in [0, 0.05) is 6.04 Å². The maximum atomic E-state index is 9.38. The van der Waals surface area contributed by atoms with Crippen LogP contribution < -0.4 is 10.1 Å². The van der Waals surface area contributed by atoms with Crippen molar-refractivity contribution < 1.29 is 9.84 Å². The molecule has 0 amide bonds. The van der Waals surface area contributed by atoms with Gasteiger partial charge in [-0.2, -0.15) is 0 Å². The average Bonchev–Trinajstić information content (AvgIpc) is 3.09. The van der Waals surface area contributed by atoms with E-state index in [1.807, 2.05) is 19.1 Å². The molecule has 0 spiro atoms. The number of aliphatic hydroxyl groups is 1. The van der Waals surface area contributed by atoms with Crippen LogP contribution in [0.15, 0.2) is 18.2 Å². The van der Waals surface area contributed by atoms with E-state index in [1.54, 1.807) is 7.11 Å². The van der Waals surface area contributed by atoms with Crippen molar-refractivity contribution >= 4 is 0 Å². The van der Waals surface area contributed by atoms with Crippen LogP contribution in [0.5, 0.6) is 5.75 Å². The Morgan fingerprint density at radius 3 is 2.75 bits per heavy atom. The molecule has 0 aliphatic heterocycles. The van der Waals surface area contributed by atoms with E-state index < -0.39 is 0 Å². The predicted molar refractivity (Wildman–Crippen MR) is 63.7 cm³/mol. The largest absolute Gasteiger partial charge is 0.496 e. The summed E-state index contributed by atoms with van der Waals surface area (Å²) in [5.41, 5.74) is 2.24. The Bertz CT molecular complexity index is 361. The fourth-order valence-electron chi connectivity index (χ4n) is 1.91. The molecule has 0 heterocycles. The van der Waals surface area contributed by atoms with Crippen molar-refractivity contribution in [2.75, 3.05) is 13.7 Å². The summed E-state index contributed by atoms with van der Waals surface area (Å²) in [5.74, 6) is 0.895. The van der Waals surface area contributed by atoms with Crippen molar-refractivity contribution in [3.63, 3.8) is 0 Å². The summed E-state index contributed by atoms with van der Waals surface area (Å²) in [6, 6.07) is 6.70. The minimum Gasteiger partial charge on any atom is -0.496 e. The number of aliphatic hydroxyl groups excluding tert-OH is 1. The molecular weight excluding hydrogens is 202 g/mol. The van der Waals surface area contributed by atoms with Crippen LogP contribution in [0, 0.1) is 6.92 Å². The van der Waals surface area contributed by atoms with E-state index in [0.29, 0.717) is 6.04 Å². The first-order chi connectivity index (χ1) is 7.74. The summed E-state index contributed by atoms with van der Waals surface area (Å²) in [4.78, 5) is 0. The maximum absolute atomic E-state index is 9.38. The van der Waals surface area contributed by atoms with Crippen LogP contribution in [0.3, 0.4) is 0 Å². The molecule has 0 aromatic heterocycles. The summed E-state index contributed by atoms with van der Waals surface area (Å²) in [6.07, 6.45) is 2.46. The molecule has 0 saturated heterocycles. The third-order valence-corrected chi connectivity index (χ3v) is 3.02. The third-order valence-electron chi connectivity index (χ3n) is 3.02. The van der Waals surface area contributed by atoms with Crippen molar-refractivity contribution in [2.45, 2.75) is 31.8 Å². The van der Waals surface area contributed by atoms with E-state index in [2.05, 4.69) is 11.4 Å². The first-order valence-electron chi connectivity index (χ1n) is 5.76. The van der Waals surface area contributed by atoms with Crippen molar-refractivity contribution in [1.29, 1.82) is 0 Å². The highest BCUT2D eigenvalue weighted by Crippen LogP contribution is 2.26. The Balaban J connectivity index is 2.13. The number of methoxy groups -OCH3 is 1. The standard InChI is InChI=1S/C13H19NO2/c1-9-7-10(3-6-13(9)16-2)12(8-15)14-11-4-5-11/h3,6-7,11-12,14-15H,4-5,8H2,1-2H3. The number of hydrogen-bond donors (Lipinski definition) is 2. The van der Waals surface area contributed by atoms with Gasteiger partial charge in [-0.05, 0) is 37.0 Å². The van der Waals surface area contributed by atoms with Crippen molar-refractivity contribution in [2.24, 2.45) is 0 Å². The highest BCUT2D eigenvalue weighted by Gasteiger charge is 2.25. The molecule has 1 fully saturated rings. The lowest BCUT2D eigenvalue weighted by atomic mass is 10.0. The topological polar surface area (TPSA) is 41.5 Å². The molecule has 88 valence electrons. The van der Waals surface area contributed by atoms with Gasteiger partial charge in [0.15, 0.2) is 0 Å². The monoisotopic (exact) mass is 221 g/mol. The van der Waals surface area contributed by atoms with Gasteiger partial charge in [-0.15, -0.1) is 0 Å². The van der Waals surface area contributed by atoms with Crippen LogP contribution in [-0.2, 0) is 0 Å². The molecule has 3 nitrogen and oxygen atoms in total. The summed E-state index contributed by atoms with van der Waals surface area (Å²) >= 11 is 0. The van der Waals surface area contributed by atoms with Crippen LogP contribution in [0.4, 0.5) is 0 Å². The molecule has 1 unspecified atom stereocenters. The van der Waals surface area contributed by atoms with Gasteiger partial charge in [0.1, 0.15) is 5.75 Å². The fraction of sp³-hybridized carbons (Fsp3) is 0.538. The summed E-state index contributed by atoms with van der Waals surface area (Å²) in [7, 11) is 1.67. The molecule has 1 atom stereocenters. The molecule has 0 bridgehead atoms.